The Morgan fingerprint density at radius 3 is 2.41 bits per heavy atom. The lowest BCUT2D eigenvalue weighted by molar-refractivity contribution is -0.125. The van der Waals surface area contributed by atoms with Crippen molar-refractivity contribution in [1.29, 1.82) is 0 Å². The number of ketones is 1. The molecule has 0 aliphatic carbocycles. The molecule has 0 radical (unpaired) electrons. The van der Waals surface area contributed by atoms with Crippen LogP contribution in [0.15, 0.2) is 48.5 Å². The number of fused-ring (bicyclic) bond motifs is 1. The summed E-state index contributed by atoms with van der Waals surface area (Å²) in [6, 6.07) is 13.8. The number of carbonyl (C=O) groups is 2. The molecule has 3 rings (SSSR count). The normalized spacial score (nSPS) is 12.6. The maximum atomic E-state index is 13.3. The van der Waals surface area contributed by atoms with Crippen molar-refractivity contribution in [2.75, 3.05) is 7.11 Å². The highest BCUT2D eigenvalue weighted by atomic mass is 16.5. The Balaban J connectivity index is 2.20. The van der Waals surface area contributed by atoms with Gasteiger partial charge < -0.3 is 14.6 Å². The second-order valence-electron chi connectivity index (χ2n) is 8.02. The fraction of sp³-hybridized carbons (Fsp3) is 0.348. The van der Waals surface area contributed by atoms with E-state index in [1.54, 1.807) is 35.9 Å². The van der Waals surface area contributed by atoms with Gasteiger partial charge in [-0.25, -0.2) is 4.98 Å². The van der Waals surface area contributed by atoms with Crippen LogP contribution in [0.3, 0.4) is 0 Å². The van der Waals surface area contributed by atoms with E-state index in [4.69, 9.17) is 4.74 Å². The van der Waals surface area contributed by atoms with Gasteiger partial charge in [-0.3, -0.25) is 9.59 Å². The van der Waals surface area contributed by atoms with E-state index < -0.39 is 6.04 Å². The topological polar surface area (TPSA) is 73.2 Å². The van der Waals surface area contributed by atoms with Gasteiger partial charge in [0.2, 0.25) is 11.7 Å². The van der Waals surface area contributed by atoms with E-state index >= 15 is 0 Å². The molecule has 0 bridgehead atoms. The zero-order valence-corrected chi connectivity index (χ0v) is 17.5. The minimum Gasteiger partial charge on any atom is -0.497 e. The van der Waals surface area contributed by atoms with Crippen molar-refractivity contribution >= 4 is 22.7 Å². The van der Waals surface area contributed by atoms with Gasteiger partial charge >= 0.3 is 0 Å². The zero-order valence-electron chi connectivity index (χ0n) is 17.5. The number of amides is 1. The molecule has 29 heavy (non-hydrogen) atoms. The zero-order chi connectivity index (χ0) is 21.2. The number of imidazole rings is 1. The number of hydrogen-bond donors (Lipinski definition) is 1. The Morgan fingerprint density at radius 1 is 1.14 bits per heavy atom. The largest absolute Gasteiger partial charge is 0.497 e. The van der Waals surface area contributed by atoms with E-state index in [-0.39, 0.29) is 23.1 Å². The van der Waals surface area contributed by atoms with Gasteiger partial charge in [0.25, 0.3) is 0 Å². The van der Waals surface area contributed by atoms with Gasteiger partial charge in [0.15, 0.2) is 5.82 Å². The van der Waals surface area contributed by atoms with Crippen LogP contribution in [0.2, 0.25) is 0 Å². The molecule has 1 unspecified atom stereocenters. The van der Waals surface area contributed by atoms with E-state index in [2.05, 4.69) is 10.3 Å². The minimum atomic E-state index is -0.575. The number of hydrogen-bond acceptors (Lipinski definition) is 4. The number of nitrogens with one attached hydrogen (secondary N) is 1. The Hall–Kier alpha value is -3.15. The van der Waals surface area contributed by atoms with E-state index in [0.29, 0.717) is 28.8 Å². The summed E-state index contributed by atoms with van der Waals surface area (Å²) < 4.78 is 7.10. The Labute approximate surface area is 170 Å². The molecule has 1 aromatic heterocycles. The molecule has 0 saturated carbocycles. The highest BCUT2D eigenvalue weighted by Gasteiger charge is 2.29. The number of ether oxygens (including phenoxy) is 1. The summed E-state index contributed by atoms with van der Waals surface area (Å²) >= 11 is 0. The number of rotatable bonds is 6. The van der Waals surface area contributed by atoms with Crippen molar-refractivity contribution in [2.24, 2.45) is 0 Å². The molecule has 0 spiro atoms. The Morgan fingerprint density at radius 2 is 1.83 bits per heavy atom. The maximum absolute atomic E-state index is 13.3. The Kier molecular flexibility index (Phi) is 5.73. The first-order valence-electron chi connectivity index (χ1n) is 9.73. The molecule has 1 atom stereocenters. The lowest BCUT2D eigenvalue weighted by Crippen LogP contribution is -2.44. The van der Waals surface area contributed by atoms with Crippen LogP contribution in [0.5, 0.6) is 5.75 Å². The predicted molar refractivity (Wildman–Crippen MR) is 113 cm³/mol. The number of methoxy groups -OCH3 is 1. The summed E-state index contributed by atoms with van der Waals surface area (Å²) in [7, 11) is 1.58. The van der Waals surface area contributed by atoms with Gasteiger partial charge in [0.05, 0.1) is 18.1 Å². The van der Waals surface area contributed by atoms with Crippen molar-refractivity contribution in [2.45, 2.75) is 45.7 Å². The molecular weight excluding hydrogens is 366 g/mol. The molecule has 1 N–H and O–H groups in total. The summed E-state index contributed by atoms with van der Waals surface area (Å²) in [5.74, 6) is 0.519. The third-order valence-corrected chi connectivity index (χ3v) is 4.63. The van der Waals surface area contributed by atoms with Crippen LogP contribution in [0.4, 0.5) is 0 Å². The first-order valence-corrected chi connectivity index (χ1v) is 9.73. The molecule has 1 heterocycles. The lowest BCUT2D eigenvalue weighted by Gasteiger charge is -2.26. The predicted octanol–water partition coefficient (Wildman–Crippen LogP) is 4.14. The average molecular weight is 393 g/mol. The van der Waals surface area contributed by atoms with Crippen LogP contribution in [-0.2, 0) is 4.79 Å². The van der Waals surface area contributed by atoms with E-state index in [1.807, 2.05) is 52.0 Å². The smallest absolute Gasteiger partial charge is 0.243 e. The third-order valence-electron chi connectivity index (χ3n) is 4.63. The summed E-state index contributed by atoms with van der Waals surface area (Å²) in [5.41, 5.74) is 1.48. The fourth-order valence-electron chi connectivity index (χ4n) is 3.33. The second kappa shape index (κ2) is 8.07. The molecule has 0 aliphatic rings. The number of nitrogens with zero attached hydrogens (tertiary/aromatic N) is 2. The second-order valence-corrected chi connectivity index (χ2v) is 8.02. The third kappa shape index (κ3) is 4.31. The van der Waals surface area contributed by atoms with Crippen molar-refractivity contribution in [1.82, 2.24) is 14.9 Å². The quantitative estimate of drug-likeness (QED) is 0.639. The van der Waals surface area contributed by atoms with Crippen LogP contribution in [0.1, 0.15) is 56.3 Å². The highest BCUT2D eigenvalue weighted by molar-refractivity contribution is 6.08. The minimum absolute atomic E-state index is 0.149. The summed E-state index contributed by atoms with van der Waals surface area (Å²) in [5, 5.41) is 3.03. The van der Waals surface area contributed by atoms with Gasteiger partial charge in [-0.05, 0) is 39.3 Å². The summed E-state index contributed by atoms with van der Waals surface area (Å²) in [4.78, 5) is 31.0. The molecular formula is C23H27N3O3. The van der Waals surface area contributed by atoms with Gasteiger partial charge in [-0.15, -0.1) is 0 Å². The van der Waals surface area contributed by atoms with Crippen molar-refractivity contribution < 1.29 is 14.3 Å². The summed E-state index contributed by atoms with van der Waals surface area (Å²) in [6.07, 6.45) is 0.514. The van der Waals surface area contributed by atoms with Gasteiger partial charge in [-0.2, -0.15) is 0 Å². The number of benzene rings is 2. The molecule has 2 aromatic carbocycles. The SMILES string of the molecule is CCC(C(=O)NC(C)(C)C)n1c(C(=O)c2ccccc2)nc2ccc(OC)cc21. The van der Waals surface area contributed by atoms with Crippen molar-refractivity contribution in [3.05, 3.63) is 59.9 Å². The lowest BCUT2D eigenvalue weighted by atomic mass is 10.1. The van der Waals surface area contributed by atoms with Crippen LogP contribution >= 0.6 is 0 Å². The van der Waals surface area contributed by atoms with Crippen LogP contribution in [0, 0.1) is 0 Å². The molecule has 0 aliphatic heterocycles. The molecule has 3 aromatic rings. The van der Waals surface area contributed by atoms with Crippen LogP contribution in [0.25, 0.3) is 11.0 Å². The molecule has 0 saturated heterocycles. The molecule has 152 valence electrons. The van der Waals surface area contributed by atoms with E-state index in [1.165, 1.54) is 0 Å². The summed E-state index contributed by atoms with van der Waals surface area (Å²) in [6.45, 7) is 7.73. The highest BCUT2D eigenvalue weighted by Crippen LogP contribution is 2.28. The first kappa shape index (κ1) is 20.6. The monoisotopic (exact) mass is 393 g/mol. The number of aromatic nitrogens is 2. The van der Waals surface area contributed by atoms with Gasteiger partial charge in [-0.1, -0.05) is 37.3 Å². The standard InChI is InChI=1S/C23H27N3O3/c1-6-18(22(28)25-23(2,3)4)26-19-14-16(29-5)12-13-17(19)24-21(26)20(27)15-10-8-7-9-11-15/h7-14,18H,6H2,1-5H3,(H,25,28). The molecule has 6 heteroatoms. The Bertz CT molecular complexity index is 1030. The first-order chi connectivity index (χ1) is 13.7. The number of carbonyl (C=O) groups excluding carboxylic acids is 2. The fourth-order valence-corrected chi connectivity index (χ4v) is 3.33. The van der Waals surface area contributed by atoms with Crippen molar-refractivity contribution in [3.8, 4) is 5.75 Å². The molecule has 6 nitrogen and oxygen atoms in total. The molecule has 1 amide bonds. The molecule has 0 fully saturated rings. The van der Waals surface area contributed by atoms with Gasteiger partial charge in [0, 0.05) is 17.2 Å². The van der Waals surface area contributed by atoms with Crippen molar-refractivity contribution in [3.63, 3.8) is 0 Å². The van der Waals surface area contributed by atoms with E-state index in [9.17, 15) is 9.59 Å². The van der Waals surface area contributed by atoms with Crippen LogP contribution < -0.4 is 10.1 Å². The van der Waals surface area contributed by atoms with Crippen LogP contribution in [-0.4, -0.2) is 33.9 Å². The van der Waals surface area contributed by atoms with Gasteiger partial charge in [0.1, 0.15) is 11.8 Å². The maximum Gasteiger partial charge on any atom is 0.243 e. The van der Waals surface area contributed by atoms with E-state index in [0.717, 1.165) is 0 Å². The average Bonchev–Trinajstić information content (AvgIpc) is 3.05.